The van der Waals surface area contributed by atoms with Gasteiger partial charge in [0.25, 0.3) is 0 Å². The van der Waals surface area contributed by atoms with Crippen molar-refractivity contribution < 1.29 is 4.42 Å². The molecule has 0 aliphatic rings. The van der Waals surface area contributed by atoms with Crippen molar-refractivity contribution in [3.05, 3.63) is 90.0 Å². The molecule has 124 valence electrons. The van der Waals surface area contributed by atoms with Crippen LogP contribution >= 0.6 is 11.6 Å². The summed E-state index contributed by atoms with van der Waals surface area (Å²) < 4.78 is 6.16. The summed E-state index contributed by atoms with van der Waals surface area (Å²) in [5.41, 5.74) is 5.26. The fourth-order valence-corrected chi connectivity index (χ4v) is 3.56. The fourth-order valence-electron chi connectivity index (χ4n) is 3.32. The summed E-state index contributed by atoms with van der Waals surface area (Å²) in [5.74, 6) is 0. The van der Waals surface area contributed by atoms with Crippen molar-refractivity contribution in [3.8, 4) is 22.5 Å². The highest BCUT2D eigenvalue weighted by Gasteiger charge is 2.17. The van der Waals surface area contributed by atoms with Gasteiger partial charge in [-0.05, 0) is 18.2 Å². The molecule has 0 aliphatic heterocycles. The second-order valence-electron chi connectivity index (χ2n) is 6.18. The van der Waals surface area contributed by atoms with Gasteiger partial charge < -0.3 is 4.42 Å². The zero-order chi connectivity index (χ0) is 17.5. The summed E-state index contributed by atoms with van der Waals surface area (Å²) >= 11 is 6.44. The summed E-state index contributed by atoms with van der Waals surface area (Å²) in [6, 6.07) is 28.0. The topological polar surface area (TPSA) is 26.0 Å². The van der Waals surface area contributed by atoms with Gasteiger partial charge in [0.1, 0.15) is 11.3 Å². The smallest absolute Gasteiger partial charge is 0.161 e. The Morgan fingerprint density at radius 3 is 2.31 bits per heavy atom. The number of nitrogens with zero attached hydrogens (tertiary/aromatic N) is 1. The average Bonchev–Trinajstić information content (AvgIpc) is 3.07. The molecule has 0 unspecified atom stereocenters. The van der Waals surface area contributed by atoms with Crippen LogP contribution in [0.2, 0.25) is 5.02 Å². The molecule has 0 amide bonds. The Morgan fingerprint density at radius 2 is 1.46 bits per heavy atom. The average molecular weight is 356 g/mol. The van der Waals surface area contributed by atoms with Crippen LogP contribution in [0.3, 0.4) is 0 Å². The SMILES string of the molecule is Clc1ccccc1-c1cc2c(oc3ccccc32)c(-c2ccccc2)n1. The highest BCUT2D eigenvalue weighted by molar-refractivity contribution is 6.33. The number of halogens is 1. The van der Waals surface area contributed by atoms with Crippen LogP contribution in [0.25, 0.3) is 44.5 Å². The zero-order valence-corrected chi connectivity index (χ0v) is 14.6. The molecule has 0 fully saturated rings. The number of rotatable bonds is 2. The minimum Gasteiger partial charge on any atom is -0.454 e. The molecule has 5 aromatic rings. The van der Waals surface area contributed by atoms with E-state index in [1.807, 2.05) is 72.8 Å². The second-order valence-corrected chi connectivity index (χ2v) is 6.58. The first-order chi connectivity index (χ1) is 12.8. The van der Waals surface area contributed by atoms with E-state index in [9.17, 15) is 0 Å². The van der Waals surface area contributed by atoms with Crippen LogP contribution in [0.1, 0.15) is 0 Å². The maximum absolute atomic E-state index is 6.44. The van der Waals surface area contributed by atoms with Gasteiger partial charge in [-0.3, -0.25) is 0 Å². The fraction of sp³-hybridized carbons (Fsp3) is 0. The van der Waals surface area contributed by atoms with E-state index in [0.717, 1.165) is 44.5 Å². The predicted molar refractivity (Wildman–Crippen MR) is 107 cm³/mol. The van der Waals surface area contributed by atoms with Crippen LogP contribution in [0.5, 0.6) is 0 Å². The third-order valence-electron chi connectivity index (χ3n) is 4.56. The third kappa shape index (κ3) is 2.39. The van der Waals surface area contributed by atoms with E-state index in [0.29, 0.717) is 5.02 Å². The molecule has 0 N–H and O–H groups in total. The molecule has 0 radical (unpaired) electrons. The number of para-hydroxylation sites is 1. The predicted octanol–water partition coefficient (Wildman–Crippen LogP) is 6.97. The summed E-state index contributed by atoms with van der Waals surface area (Å²) in [4.78, 5) is 4.92. The molecule has 3 heteroatoms. The number of aromatic nitrogens is 1. The van der Waals surface area contributed by atoms with E-state index in [2.05, 4.69) is 12.1 Å². The maximum Gasteiger partial charge on any atom is 0.161 e. The number of hydrogen-bond donors (Lipinski definition) is 0. The zero-order valence-electron chi connectivity index (χ0n) is 13.8. The quantitative estimate of drug-likeness (QED) is 0.342. The van der Waals surface area contributed by atoms with E-state index in [1.54, 1.807) is 0 Å². The molecule has 0 spiro atoms. The number of hydrogen-bond acceptors (Lipinski definition) is 2. The molecule has 3 aromatic carbocycles. The maximum atomic E-state index is 6.44. The van der Waals surface area contributed by atoms with Crippen molar-refractivity contribution in [2.24, 2.45) is 0 Å². The van der Waals surface area contributed by atoms with Gasteiger partial charge in [0.05, 0.1) is 5.69 Å². The third-order valence-corrected chi connectivity index (χ3v) is 4.89. The van der Waals surface area contributed by atoms with Crippen LogP contribution in [0.15, 0.2) is 89.3 Å². The lowest BCUT2D eigenvalue weighted by atomic mass is 10.0. The molecule has 5 rings (SSSR count). The Kier molecular flexibility index (Phi) is 3.51. The standard InChI is InChI=1S/C23H14ClNO/c24-19-12-6-4-11-17(19)20-14-18-16-10-5-7-13-21(16)26-23(18)22(25-20)15-8-2-1-3-9-15/h1-14H. The molecule has 2 aromatic heterocycles. The lowest BCUT2D eigenvalue weighted by Crippen LogP contribution is -1.90. The summed E-state index contributed by atoms with van der Waals surface area (Å²) in [5, 5.41) is 2.81. The van der Waals surface area contributed by atoms with Crippen molar-refractivity contribution >= 4 is 33.5 Å². The first-order valence-corrected chi connectivity index (χ1v) is 8.82. The minimum absolute atomic E-state index is 0.686. The van der Waals surface area contributed by atoms with E-state index < -0.39 is 0 Å². The minimum atomic E-state index is 0.686. The van der Waals surface area contributed by atoms with Crippen molar-refractivity contribution in [1.29, 1.82) is 0 Å². The Labute approximate surface area is 155 Å². The van der Waals surface area contributed by atoms with Crippen molar-refractivity contribution in [3.63, 3.8) is 0 Å². The largest absolute Gasteiger partial charge is 0.454 e. The van der Waals surface area contributed by atoms with E-state index in [1.165, 1.54) is 0 Å². The van der Waals surface area contributed by atoms with Crippen LogP contribution in [0.4, 0.5) is 0 Å². The highest BCUT2D eigenvalue weighted by Crippen LogP contribution is 2.38. The van der Waals surface area contributed by atoms with Crippen molar-refractivity contribution in [2.45, 2.75) is 0 Å². The number of fused-ring (bicyclic) bond motifs is 3. The molecule has 0 saturated carbocycles. The first kappa shape index (κ1) is 15.2. The van der Waals surface area contributed by atoms with E-state index in [4.69, 9.17) is 21.0 Å². The van der Waals surface area contributed by atoms with Gasteiger partial charge in [-0.15, -0.1) is 0 Å². The lowest BCUT2D eigenvalue weighted by Gasteiger charge is -2.08. The Balaban J connectivity index is 1.91. The van der Waals surface area contributed by atoms with Gasteiger partial charge in [-0.25, -0.2) is 4.98 Å². The summed E-state index contributed by atoms with van der Waals surface area (Å²) in [6.45, 7) is 0. The van der Waals surface area contributed by atoms with Crippen LogP contribution in [0, 0.1) is 0 Å². The molecule has 2 heterocycles. The normalized spacial score (nSPS) is 11.3. The van der Waals surface area contributed by atoms with Gasteiger partial charge in [0, 0.05) is 26.9 Å². The number of pyridine rings is 1. The van der Waals surface area contributed by atoms with Crippen LogP contribution in [-0.2, 0) is 0 Å². The molecule has 0 aliphatic carbocycles. The van der Waals surface area contributed by atoms with Crippen molar-refractivity contribution in [2.75, 3.05) is 0 Å². The lowest BCUT2D eigenvalue weighted by molar-refractivity contribution is 0.668. The molecular formula is C23H14ClNO. The molecule has 0 bridgehead atoms. The van der Waals surface area contributed by atoms with E-state index >= 15 is 0 Å². The molecule has 26 heavy (non-hydrogen) atoms. The first-order valence-electron chi connectivity index (χ1n) is 8.44. The molecular weight excluding hydrogens is 342 g/mol. The van der Waals surface area contributed by atoms with Gasteiger partial charge in [-0.2, -0.15) is 0 Å². The summed E-state index contributed by atoms with van der Waals surface area (Å²) in [6.07, 6.45) is 0. The van der Waals surface area contributed by atoms with Crippen LogP contribution < -0.4 is 0 Å². The molecule has 0 atom stereocenters. The number of benzene rings is 3. The summed E-state index contributed by atoms with van der Waals surface area (Å²) in [7, 11) is 0. The molecule has 0 saturated heterocycles. The van der Waals surface area contributed by atoms with E-state index in [-0.39, 0.29) is 0 Å². The Bertz CT molecular complexity index is 1240. The second kappa shape index (κ2) is 6.01. The Morgan fingerprint density at radius 1 is 0.731 bits per heavy atom. The van der Waals surface area contributed by atoms with Gasteiger partial charge in [0.2, 0.25) is 0 Å². The van der Waals surface area contributed by atoms with Crippen molar-refractivity contribution in [1.82, 2.24) is 4.98 Å². The van der Waals surface area contributed by atoms with Gasteiger partial charge in [-0.1, -0.05) is 78.3 Å². The van der Waals surface area contributed by atoms with Crippen LogP contribution in [-0.4, -0.2) is 4.98 Å². The highest BCUT2D eigenvalue weighted by atomic mass is 35.5. The monoisotopic (exact) mass is 355 g/mol. The molecule has 2 nitrogen and oxygen atoms in total. The number of furan rings is 1. The van der Waals surface area contributed by atoms with Gasteiger partial charge in [0.15, 0.2) is 5.58 Å². The Hall–Kier alpha value is -3.10. The van der Waals surface area contributed by atoms with Gasteiger partial charge >= 0.3 is 0 Å².